The van der Waals surface area contributed by atoms with Crippen LogP contribution in [0.1, 0.15) is 25.5 Å². The van der Waals surface area contributed by atoms with Gasteiger partial charge in [-0.2, -0.15) is 0 Å². The van der Waals surface area contributed by atoms with E-state index in [1.165, 1.54) is 31.2 Å². The lowest BCUT2D eigenvalue weighted by Crippen LogP contribution is -2.27. The van der Waals surface area contributed by atoms with Crippen molar-refractivity contribution < 1.29 is 13.2 Å². The van der Waals surface area contributed by atoms with Crippen molar-refractivity contribution in [2.75, 3.05) is 5.32 Å². The van der Waals surface area contributed by atoms with Crippen molar-refractivity contribution in [2.45, 2.75) is 24.8 Å². The summed E-state index contributed by atoms with van der Waals surface area (Å²) in [5, 5.41) is 3.09. The van der Waals surface area contributed by atoms with Crippen LogP contribution in [0.2, 0.25) is 5.02 Å². The van der Waals surface area contributed by atoms with Gasteiger partial charge in [0, 0.05) is 23.7 Å². The number of sulfonamides is 1. The number of rotatable bonds is 5. The van der Waals surface area contributed by atoms with Crippen molar-refractivity contribution in [1.82, 2.24) is 4.72 Å². The van der Waals surface area contributed by atoms with E-state index in [0.29, 0.717) is 16.3 Å². The van der Waals surface area contributed by atoms with Gasteiger partial charge in [0.25, 0.3) is 0 Å². The summed E-state index contributed by atoms with van der Waals surface area (Å²) in [6.45, 7) is 3.11. The van der Waals surface area contributed by atoms with E-state index in [1.54, 1.807) is 31.2 Å². The molecule has 0 aromatic heterocycles. The number of nitrogens with one attached hydrogen (secondary N) is 2. The normalized spacial score (nSPS) is 12.7. The zero-order chi connectivity index (χ0) is 17.0. The minimum Gasteiger partial charge on any atom is -0.326 e. The molecule has 2 aromatic carbocycles. The predicted molar refractivity (Wildman–Crippen MR) is 90.9 cm³/mol. The number of anilines is 1. The maximum Gasteiger partial charge on any atom is 0.241 e. The molecule has 0 bridgehead atoms. The summed E-state index contributed by atoms with van der Waals surface area (Å²) in [6.07, 6.45) is 0. The van der Waals surface area contributed by atoms with Crippen molar-refractivity contribution in [3.05, 3.63) is 59.1 Å². The fourth-order valence-electron chi connectivity index (χ4n) is 2.11. The molecule has 1 atom stereocenters. The standard InChI is InChI=1S/C16H17ClN2O3S/c1-11(15-5-3-4-6-16(15)17)19-23(21,22)14-9-7-13(8-10-14)18-12(2)20/h3-11,19H,1-2H3,(H,18,20)/t11-/m0/s1. The first-order valence-electron chi connectivity index (χ1n) is 6.94. The molecule has 0 radical (unpaired) electrons. The van der Waals surface area contributed by atoms with E-state index in [-0.39, 0.29) is 10.8 Å². The Bertz CT molecular complexity index is 804. The predicted octanol–water partition coefficient (Wildman–Crippen LogP) is 3.34. The highest BCUT2D eigenvalue weighted by Crippen LogP contribution is 2.24. The summed E-state index contributed by atoms with van der Waals surface area (Å²) in [7, 11) is -3.69. The molecule has 23 heavy (non-hydrogen) atoms. The molecule has 0 spiro atoms. The van der Waals surface area contributed by atoms with E-state index >= 15 is 0 Å². The van der Waals surface area contributed by atoms with Crippen LogP contribution in [0.25, 0.3) is 0 Å². The maximum atomic E-state index is 12.4. The van der Waals surface area contributed by atoms with Crippen LogP contribution < -0.4 is 10.0 Å². The van der Waals surface area contributed by atoms with Gasteiger partial charge >= 0.3 is 0 Å². The van der Waals surface area contributed by atoms with E-state index in [1.807, 2.05) is 0 Å². The van der Waals surface area contributed by atoms with Gasteiger partial charge in [-0.05, 0) is 42.8 Å². The van der Waals surface area contributed by atoms with E-state index in [4.69, 9.17) is 11.6 Å². The van der Waals surface area contributed by atoms with Gasteiger partial charge < -0.3 is 5.32 Å². The highest BCUT2D eigenvalue weighted by atomic mass is 35.5. The maximum absolute atomic E-state index is 12.4. The second kappa shape index (κ2) is 7.12. The number of halogens is 1. The average molecular weight is 353 g/mol. The molecular weight excluding hydrogens is 336 g/mol. The molecular formula is C16H17ClN2O3S. The molecule has 0 unspecified atom stereocenters. The quantitative estimate of drug-likeness (QED) is 0.866. The Kier molecular flexibility index (Phi) is 5.41. The van der Waals surface area contributed by atoms with Gasteiger partial charge in [-0.3, -0.25) is 4.79 Å². The Balaban J connectivity index is 2.18. The van der Waals surface area contributed by atoms with Crippen LogP contribution in [0.15, 0.2) is 53.4 Å². The summed E-state index contributed by atoms with van der Waals surface area (Å²) in [5.41, 5.74) is 1.24. The number of carbonyl (C=O) groups is 1. The number of amides is 1. The minimum absolute atomic E-state index is 0.116. The molecule has 122 valence electrons. The largest absolute Gasteiger partial charge is 0.326 e. The van der Waals surface area contributed by atoms with Crippen molar-refractivity contribution in [3.63, 3.8) is 0 Å². The molecule has 2 aromatic rings. The second-order valence-corrected chi connectivity index (χ2v) is 7.19. The molecule has 0 fully saturated rings. The van der Waals surface area contributed by atoms with Gasteiger partial charge in [0.1, 0.15) is 0 Å². The highest BCUT2D eigenvalue weighted by Gasteiger charge is 2.19. The Labute approximate surface area is 140 Å². The number of carbonyl (C=O) groups excluding carboxylic acids is 1. The zero-order valence-electron chi connectivity index (χ0n) is 12.7. The SMILES string of the molecule is CC(=O)Nc1ccc(S(=O)(=O)N[C@@H](C)c2ccccc2Cl)cc1. The fraction of sp³-hybridized carbons (Fsp3) is 0.188. The topological polar surface area (TPSA) is 75.3 Å². The molecule has 0 saturated heterocycles. The molecule has 7 heteroatoms. The van der Waals surface area contributed by atoms with Gasteiger partial charge in [-0.25, -0.2) is 13.1 Å². The summed E-state index contributed by atoms with van der Waals surface area (Å²) < 4.78 is 27.4. The van der Waals surface area contributed by atoms with Crippen LogP contribution in [0.3, 0.4) is 0 Å². The Morgan fingerprint density at radius 1 is 1.09 bits per heavy atom. The number of hydrogen-bond donors (Lipinski definition) is 2. The van der Waals surface area contributed by atoms with Gasteiger partial charge in [-0.1, -0.05) is 29.8 Å². The van der Waals surface area contributed by atoms with E-state index in [2.05, 4.69) is 10.0 Å². The van der Waals surface area contributed by atoms with Crippen molar-refractivity contribution in [1.29, 1.82) is 0 Å². The van der Waals surface area contributed by atoms with Crippen molar-refractivity contribution in [3.8, 4) is 0 Å². The lowest BCUT2D eigenvalue weighted by atomic mass is 10.1. The summed E-state index contributed by atoms with van der Waals surface area (Å²) >= 11 is 6.09. The van der Waals surface area contributed by atoms with Crippen molar-refractivity contribution >= 4 is 33.2 Å². The van der Waals surface area contributed by atoms with Gasteiger partial charge in [0.05, 0.1) is 4.90 Å². The second-order valence-electron chi connectivity index (χ2n) is 5.07. The minimum atomic E-state index is -3.69. The smallest absolute Gasteiger partial charge is 0.241 e. The molecule has 0 aliphatic heterocycles. The van der Waals surface area contributed by atoms with Crippen LogP contribution in [0.4, 0.5) is 5.69 Å². The Morgan fingerprint density at radius 2 is 1.70 bits per heavy atom. The third-order valence-electron chi connectivity index (χ3n) is 3.19. The molecule has 2 rings (SSSR count). The summed E-state index contributed by atoms with van der Waals surface area (Å²) in [4.78, 5) is 11.1. The third kappa shape index (κ3) is 4.54. The van der Waals surface area contributed by atoms with Crippen LogP contribution >= 0.6 is 11.6 Å². The molecule has 0 saturated carbocycles. The molecule has 0 heterocycles. The van der Waals surface area contributed by atoms with Gasteiger partial charge in [0.2, 0.25) is 15.9 Å². The van der Waals surface area contributed by atoms with E-state index in [9.17, 15) is 13.2 Å². The molecule has 1 amide bonds. The Hall–Kier alpha value is -1.89. The molecule has 0 aliphatic rings. The molecule has 2 N–H and O–H groups in total. The van der Waals surface area contributed by atoms with Gasteiger partial charge in [0.15, 0.2) is 0 Å². The number of hydrogen-bond acceptors (Lipinski definition) is 3. The number of benzene rings is 2. The van der Waals surface area contributed by atoms with Crippen LogP contribution in [-0.4, -0.2) is 14.3 Å². The third-order valence-corrected chi connectivity index (χ3v) is 5.09. The van der Waals surface area contributed by atoms with Crippen molar-refractivity contribution in [2.24, 2.45) is 0 Å². The molecule has 5 nitrogen and oxygen atoms in total. The highest BCUT2D eigenvalue weighted by molar-refractivity contribution is 7.89. The monoisotopic (exact) mass is 352 g/mol. The average Bonchev–Trinajstić information content (AvgIpc) is 2.47. The summed E-state index contributed by atoms with van der Waals surface area (Å²) in [6, 6.07) is 12.6. The van der Waals surface area contributed by atoms with Gasteiger partial charge in [-0.15, -0.1) is 0 Å². The lowest BCUT2D eigenvalue weighted by Gasteiger charge is -2.16. The Morgan fingerprint density at radius 3 is 2.26 bits per heavy atom. The van der Waals surface area contributed by atoms with Crippen LogP contribution in [0, 0.1) is 0 Å². The van der Waals surface area contributed by atoms with E-state index in [0.717, 1.165) is 0 Å². The van der Waals surface area contributed by atoms with Crippen LogP contribution in [0.5, 0.6) is 0 Å². The molecule has 0 aliphatic carbocycles. The first kappa shape index (κ1) is 17.5. The zero-order valence-corrected chi connectivity index (χ0v) is 14.3. The lowest BCUT2D eigenvalue weighted by molar-refractivity contribution is -0.114. The summed E-state index contributed by atoms with van der Waals surface area (Å²) in [5.74, 6) is -0.217. The van der Waals surface area contributed by atoms with Crippen LogP contribution in [-0.2, 0) is 14.8 Å². The van der Waals surface area contributed by atoms with E-state index < -0.39 is 16.1 Å². The first-order valence-corrected chi connectivity index (χ1v) is 8.80. The first-order chi connectivity index (χ1) is 10.8. The fourth-order valence-corrected chi connectivity index (χ4v) is 3.63.